The molecule has 0 aliphatic heterocycles. The van der Waals surface area contributed by atoms with E-state index in [0.29, 0.717) is 37.8 Å². The zero-order valence-electron chi connectivity index (χ0n) is 19.2. The van der Waals surface area contributed by atoms with Gasteiger partial charge in [-0.2, -0.15) is 9.94 Å². The van der Waals surface area contributed by atoms with Crippen molar-refractivity contribution >= 4 is 34.8 Å². The molecule has 0 bridgehead atoms. The molecular weight excluding hydrogens is 462 g/mol. The van der Waals surface area contributed by atoms with Gasteiger partial charge in [-0.3, -0.25) is 9.59 Å². The minimum Gasteiger partial charge on any atom is -0.344 e. The highest BCUT2D eigenvalue weighted by molar-refractivity contribution is 7.16. The summed E-state index contributed by atoms with van der Waals surface area (Å²) in [6, 6.07) is 6.58. The van der Waals surface area contributed by atoms with Gasteiger partial charge in [0.05, 0.1) is 23.7 Å². The number of aromatic nitrogens is 4. The van der Waals surface area contributed by atoms with Gasteiger partial charge in [-0.1, -0.05) is 22.9 Å². The van der Waals surface area contributed by atoms with Crippen LogP contribution in [0.5, 0.6) is 0 Å². The summed E-state index contributed by atoms with van der Waals surface area (Å²) < 4.78 is 1.53. The number of rotatable bonds is 6. The standard InChI is InChI=1S/C22H24ClN7O2S/c1-12(26-19(31)14-7-15(9-16(23)8-14)22(3,4)11-24)18-27-13(2)28-30(18)21-25-10-17(33-21)20(32)29(5)6/h7-10,12H,1-6H3,(H,26,31)/t12-/m0/s1. The minimum absolute atomic E-state index is 0.157. The van der Waals surface area contributed by atoms with Gasteiger partial charge in [-0.15, -0.1) is 5.10 Å². The number of carbonyl (C=O) groups excluding carboxylic acids is 2. The summed E-state index contributed by atoms with van der Waals surface area (Å²) in [6.07, 6.45) is 1.50. The number of nitriles is 1. The quantitative estimate of drug-likeness (QED) is 0.569. The molecule has 0 saturated carbocycles. The first kappa shape index (κ1) is 24.4. The summed E-state index contributed by atoms with van der Waals surface area (Å²) in [6.45, 7) is 7.04. The van der Waals surface area contributed by atoms with E-state index in [1.807, 2.05) is 0 Å². The van der Waals surface area contributed by atoms with Gasteiger partial charge >= 0.3 is 0 Å². The summed E-state index contributed by atoms with van der Waals surface area (Å²) in [5, 5.41) is 17.6. The van der Waals surface area contributed by atoms with Crippen LogP contribution in [0.3, 0.4) is 0 Å². The number of halogens is 1. The Labute approximate surface area is 201 Å². The zero-order chi connectivity index (χ0) is 24.5. The van der Waals surface area contributed by atoms with Crippen LogP contribution in [0, 0.1) is 18.3 Å². The number of amides is 2. The summed E-state index contributed by atoms with van der Waals surface area (Å²) in [5.41, 5.74) is 0.189. The van der Waals surface area contributed by atoms with Gasteiger partial charge in [0.1, 0.15) is 10.7 Å². The van der Waals surface area contributed by atoms with E-state index in [9.17, 15) is 14.9 Å². The third-order valence-corrected chi connectivity index (χ3v) is 6.10. The molecular formula is C22H24ClN7O2S. The molecule has 0 saturated heterocycles. The molecule has 2 aromatic heterocycles. The third-order valence-electron chi connectivity index (χ3n) is 4.93. The Morgan fingerprint density at radius 2 is 2.00 bits per heavy atom. The Bertz CT molecular complexity index is 1260. The van der Waals surface area contributed by atoms with Crippen LogP contribution >= 0.6 is 22.9 Å². The highest BCUT2D eigenvalue weighted by Gasteiger charge is 2.25. The van der Waals surface area contributed by atoms with Crippen molar-refractivity contribution < 1.29 is 9.59 Å². The first-order valence-corrected chi connectivity index (χ1v) is 11.3. The second-order valence-electron chi connectivity index (χ2n) is 8.30. The molecule has 1 N–H and O–H groups in total. The van der Waals surface area contributed by atoms with E-state index < -0.39 is 11.5 Å². The number of thiazole rings is 1. The number of hydrogen-bond donors (Lipinski definition) is 1. The monoisotopic (exact) mass is 485 g/mol. The Morgan fingerprint density at radius 1 is 1.30 bits per heavy atom. The number of aryl methyl sites for hydroxylation is 1. The van der Waals surface area contributed by atoms with Gasteiger partial charge < -0.3 is 10.2 Å². The smallest absolute Gasteiger partial charge is 0.265 e. The summed E-state index contributed by atoms with van der Waals surface area (Å²) >= 11 is 7.40. The van der Waals surface area contributed by atoms with Crippen molar-refractivity contribution in [3.8, 4) is 11.2 Å². The zero-order valence-corrected chi connectivity index (χ0v) is 20.7. The van der Waals surface area contributed by atoms with E-state index in [1.165, 1.54) is 27.1 Å². The van der Waals surface area contributed by atoms with E-state index in [2.05, 4.69) is 26.5 Å². The second-order valence-corrected chi connectivity index (χ2v) is 9.74. The van der Waals surface area contributed by atoms with Crippen LogP contribution in [0.2, 0.25) is 5.02 Å². The molecule has 3 rings (SSSR count). The summed E-state index contributed by atoms with van der Waals surface area (Å²) in [4.78, 5) is 35.9. The number of hydrogen-bond acceptors (Lipinski definition) is 7. The van der Waals surface area contributed by atoms with Gasteiger partial charge in [0.2, 0.25) is 5.13 Å². The number of nitrogens with zero attached hydrogens (tertiary/aromatic N) is 6. The van der Waals surface area contributed by atoms with Gasteiger partial charge in [-0.05, 0) is 51.5 Å². The Balaban J connectivity index is 1.88. The van der Waals surface area contributed by atoms with Crippen LogP contribution in [0.25, 0.3) is 5.13 Å². The molecule has 1 atom stereocenters. The lowest BCUT2D eigenvalue weighted by atomic mass is 9.85. The average Bonchev–Trinajstić information content (AvgIpc) is 3.39. The SMILES string of the molecule is Cc1nc([C@H](C)NC(=O)c2cc(Cl)cc(C(C)(C)C#N)c2)n(-c2ncc(C(=O)N(C)C)s2)n1. The highest BCUT2D eigenvalue weighted by atomic mass is 35.5. The molecule has 3 aromatic rings. The largest absolute Gasteiger partial charge is 0.344 e. The topological polar surface area (TPSA) is 117 Å². The van der Waals surface area contributed by atoms with Crippen LogP contribution in [0.4, 0.5) is 0 Å². The fourth-order valence-corrected chi connectivity index (χ4v) is 4.16. The molecule has 0 aliphatic carbocycles. The van der Waals surface area contributed by atoms with Gasteiger partial charge in [0.15, 0.2) is 5.82 Å². The van der Waals surface area contributed by atoms with Gasteiger partial charge in [-0.25, -0.2) is 9.97 Å². The lowest BCUT2D eigenvalue weighted by Crippen LogP contribution is -2.29. The molecule has 2 heterocycles. The number of nitrogens with one attached hydrogen (secondary N) is 1. The predicted molar refractivity (Wildman–Crippen MR) is 126 cm³/mol. The van der Waals surface area contributed by atoms with Crippen molar-refractivity contribution in [1.29, 1.82) is 5.26 Å². The molecule has 0 aliphatic rings. The molecule has 0 fully saturated rings. The maximum atomic E-state index is 13.0. The van der Waals surface area contributed by atoms with Crippen LogP contribution < -0.4 is 5.32 Å². The van der Waals surface area contributed by atoms with Crippen molar-refractivity contribution in [3.63, 3.8) is 0 Å². The fourth-order valence-electron chi connectivity index (χ4n) is 3.03. The van der Waals surface area contributed by atoms with E-state index in [4.69, 9.17) is 11.6 Å². The lowest BCUT2D eigenvalue weighted by Gasteiger charge is -2.18. The maximum Gasteiger partial charge on any atom is 0.265 e. The van der Waals surface area contributed by atoms with E-state index in [-0.39, 0.29) is 11.8 Å². The molecule has 2 amide bonds. The minimum atomic E-state index is -0.796. The molecule has 1 aromatic carbocycles. The number of benzene rings is 1. The highest BCUT2D eigenvalue weighted by Crippen LogP contribution is 2.27. The molecule has 9 nitrogen and oxygen atoms in total. The van der Waals surface area contributed by atoms with Crippen LogP contribution in [-0.2, 0) is 5.41 Å². The van der Waals surface area contributed by atoms with Crippen molar-refractivity contribution in [2.24, 2.45) is 0 Å². The molecule has 33 heavy (non-hydrogen) atoms. The first-order valence-electron chi connectivity index (χ1n) is 10.1. The lowest BCUT2D eigenvalue weighted by molar-refractivity contribution is 0.0831. The molecule has 0 spiro atoms. The van der Waals surface area contributed by atoms with Crippen LogP contribution in [-0.4, -0.2) is 50.6 Å². The molecule has 0 unspecified atom stereocenters. The second kappa shape index (κ2) is 9.29. The van der Waals surface area contributed by atoms with Crippen molar-refractivity contribution in [2.45, 2.75) is 39.2 Å². The Hall–Kier alpha value is -3.29. The Morgan fingerprint density at radius 3 is 2.64 bits per heavy atom. The third kappa shape index (κ3) is 5.21. The normalized spacial score (nSPS) is 12.2. The first-order chi connectivity index (χ1) is 15.4. The van der Waals surface area contributed by atoms with E-state index in [1.54, 1.807) is 60.0 Å². The maximum absolute atomic E-state index is 13.0. The fraction of sp³-hybridized carbons (Fsp3) is 0.364. The molecule has 11 heteroatoms. The Kier molecular flexibility index (Phi) is 6.86. The van der Waals surface area contributed by atoms with E-state index >= 15 is 0 Å². The van der Waals surface area contributed by atoms with Gasteiger partial charge in [0, 0.05) is 24.7 Å². The average molecular weight is 486 g/mol. The van der Waals surface area contributed by atoms with Gasteiger partial charge in [0.25, 0.3) is 11.8 Å². The van der Waals surface area contributed by atoms with Crippen molar-refractivity contribution in [2.75, 3.05) is 14.1 Å². The van der Waals surface area contributed by atoms with E-state index in [0.717, 1.165) is 0 Å². The number of carbonyl (C=O) groups is 2. The van der Waals surface area contributed by atoms with Crippen molar-refractivity contribution in [3.05, 3.63) is 57.1 Å². The summed E-state index contributed by atoms with van der Waals surface area (Å²) in [7, 11) is 3.34. The van der Waals surface area contributed by atoms with Crippen LogP contribution in [0.15, 0.2) is 24.4 Å². The molecule has 172 valence electrons. The summed E-state index contributed by atoms with van der Waals surface area (Å²) in [5.74, 6) is 0.451. The van der Waals surface area contributed by atoms with Crippen LogP contribution in [0.1, 0.15) is 64.1 Å². The molecule has 0 radical (unpaired) electrons. The predicted octanol–water partition coefficient (Wildman–Crippen LogP) is 3.68. The van der Waals surface area contributed by atoms with Crippen molar-refractivity contribution in [1.82, 2.24) is 30.0 Å².